The number of hydrogen-bond acceptors (Lipinski definition) is 5. The van der Waals surface area contributed by atoms with Gasteiger partial charge in [-0.3, -0.25) is 14.4 Å². The summed E-state index contributed by atoms with van der Waals surface area (Å²) in [4.78, 5) is 37.9. The number of hydrogen-bond donors (Lipinski definition) is 2. The molecular weight excluding hydrogens is 324 g/mol. The van der Waals surface area contributed by atoms with Crippen molar-refractivity contribution in [2.24, 2.45) is 34.0 Å². The van der Waals surface area contributed by atoms with Crippen LogP contribution in [0.5, 0.6) is 0 Å². The molecule has 0 aromatic carbocycles. The van der Waals surface area contributed by atoms with Crippen LogP contribution in [0.3, 0.4) is 0 Å². The molecule has 4 bridgehead atoms. The smallest absolute Gasteiger partial charge is 0.315 e. The van der Waals surface area contributed by atoms with Crippen LogP contribution in [0.25, 0.3) is 0 Å². The van der Waals surface area contributed by atoms with Gasteiger partial charge in [0.2, 0.25) is 0 Å². The van der Waals surface area contributed by atoms with E-state index in [0.717, 1.165) is 12.8 Å². The predicted molar refractivity (Wildman–Crippen MR) is 84.3 cm³/mol. The van der Waals surface area contributed by atoms with Crippen molar-refractivity contribution in [3.8, 4) is 0 Å². The highest BCUT2D eigenvalue weighted by atomic mass is 16.6. The van der Waals surface area contributed by atoms with E-state index in [4.69, 9.17) is 4.74 Å². The number of Topliss-reactive ketones (excluding diaryl/α,β-unsaturated/α-hetero) is 1. The van der Waals surface area contributed by atoms with Gasteiger partial charge in [-0.15, -0.1) is 0 Å². The molecule has 5 rings (SSSR count). The molecule has 1 saturated heterocycles. The molecule has 2 N–H and O–H groups in total. The Bertz CT molecular complexity index is 731. The SMILES string of the molecule is CC12CCC3C(CC1=O)(C2)C(C(=O)O)C1C32CCC(O)C1(C)C(=O)O2. The Hall–Kier alpha value is -1.43. The molecule has 8 unspecified atom stereocenters. The molecule has 1 heterocycles. The van der Waals surface area contributed by atoms with Gasteiger partial charge in [0.25, 0.3) is 0 Å². The van der Waals surface area contributed by atoms with Crippen LogP contribution in [0.4, 0.5) is 0 Å². The van der Waals surface area contributed by atoms with Crippen molar-refractivity contribution in [2.75, 3.05) is 0 Å². The number of esters is 1. The van der Waals surface area contributed by atoms with Crippen LogP contribution in [0.2, 0.25) is 0 Å². The number of carbonyl (C=O) groups is 3. The number of aliphatic hydroxyl groups is 1. The number of aliphatic carboxylic acids is 1. The fourth-order valence-electron chi connectivity index (χ4n) is 7.80. The first-order chi connectivity index (χ1) is 11.6. The maximum absolute atomic E-state index is 12.8. The first kappa shape index (κ1) is 15.8. The third-order valence-corrected chi connectivity index (χ3v) is 8.77. The lowest BCUT2D eigenvalue weighted by Crippen LogP contribution is -2.53. The van der Waals surface area contributed by atoms with Crippen LogP contribution < -0.4 is 0 Å². The van der Waals surface area contributed by atoms with Gasteiger partial charge in [0.1, 0.15) is 11.4 Å². The molecule has 0 radical (unpaired) electrons. The molecule has 5 fully saturated rings. The Balaban J connectivity index is 1.76. The second-order valence-corrected chi connectivity index (χ2v) is 9.64. The summed E-state index contributed by atoms with van der Waals surface area (Å²) in [5.41, 5.74) is -3.08. The summed E-state index contributed by atoms with van der Waals surface area (Å²) in [5, 5.41) is 20.8. The molecule has 6 heteroatoms. The molecule has 5 aliphatic rings. The minimum Gasteiger partial charge on any atom is -0.481 e. The largest absolute Gasteiger partial charge is 0.481 e. The lowest BCUT2D eigenvalue weighted by Gasteiger charge is -2.45. The number of ketones is 1. The van der Waals surface area contributed by atoms with E-state index >= 15 is 0 Å². The maximum Gasteiger partial charge on any atom is 0.315 e. The van der Waals surface area contributed by atoms with Gasteiger partial charge in [0, 0.05) is 23.7 Å². The van der Waals surface area contributed by atoms with E-state index in [2.05, 4.69) is 0 Å². The zero-order valence-electron chi connectivity index (χ0n) is 14.6. The Kier molecular flexibility index (Phi) is 2.59. The summed E-state index contributed by atoms with van der Waals surface area (Å²) < 4.78 is 5.96. The lowest BCUT2D eigenvalue weighted by atomic mass is 9.59. The molecule has 8 atom stereocenters. The third-order valence-electron chi connectivity index (χ3n) is 8.77. The van der Waals surface area contributed by atoms with Crippen LogP contribution in [0, 0.1) is 34.0 Å². The van der Waals surface area contributed by atoms with E-state index in [0.29, 0.717) is 19.3 Å². The molecule has 0 amide bonds. The number of fused-ring (bicyclic) bond motifs is 1. The van der Waals surface area contributed by atoms with Gasteiger partial charge in [0.15, 0.2) is 0 Å². The fraction of sp³-hybridized carbons (Fsp3) is 0.842. The maximum atomic E-state index is 12.8. The molecule has 4 saturated carbocycles. The summed E-state index contributed by atoms with van der Waals surface area (Å²) in [5.74, 6) is -2.70. The molecule has 0 aromatic heterocycles. The molecule has 1 aliphatic heterocycles. The van der Waals surface area contributed by atoms with E-state index in [1.807, 2.05) is 6.92 Å². The second-order valence-electron chi connectivity index (χ2n) is 9.64. The van der Waals surface area contributed by atoms with Crippen molar-refractivity contribution >= 4 is 17.7 Å². The lowest BCUT2D eigenvalue weighted by molar-refractivity contribution is -0.163. The number of rotatable bonds is 1. The van der Waals surface area contributed by atoms with Crippen molar-refractivity contribution in [3.05, 3.63) is 0 Å². The summed E-state index contributed by atoms with van der Waals surface area (Å²) in [6.07, 6.45) is 2.36. The van der Waals surface area contributed by atoms with Crippen LogP contribution >= 0.6 is 0 Å². The summed E-state index contributed by atoms with van der Waals surface area (Å²) in [6.45, 7) is 3.63. The quantitative estimate of drug-likeness (QED) is 0.697. The minimum atomic E-state index is -1.19. The Morgan fingerprint density at radius 3 is 2.60 bits per heavy atom. The zero-order chi connectivity index (χ0) is 18.0. The summed E-state index contributed by atoms with van der Waals surface area (Å²) in [7, 11) is 0. The van der Waals surface area contributed by atoms with E-state index in [1.165, 1.54) is 0 Å². The Morgan fingerprint density at radius 2 is 1.92 bits per heavy atom. The Labute approximate surface area is 145 Å². The van der Waals surface area contributed by atoms with Gasteiger partial charge in [-0.1, -0.05) is 6.92 Å². The number of aliphatic hydroxyl groups excluding tert-OH is 1. The highest BCUT2D eigenvalue weighted by Crippen LogP contribution is 2.78. The standard InChI is InChI=1S/C19H24O6/c1-16-5-3-9-18(8-16,7-11(16)21)12(14(22)23)13-17(2)10(20)4-6-19(9,13)25-15(17)24/h9-10,12-13,20H,3-8H2,1-2H3,(H,22,23). The monoisotopic (exact) mass is 348 g/mol. The van der Waals surface area contributed by atoms with Gasteiger partial charge in [-0.2, -0.15) is 0 Å². The molecule has 6 nitrogen and oxygen atoms in total. The van der Waals surface area contributed by atoms with Crippen molar-refractivity contribution in [2.45, 2.75) is 64.1 Å². The van der Waals surface area contributed by atoms with Crippen molar-refractivity contribution in [1.29, 1.82) is 0 Å². The van der Waals surface area contributed by atoms with E-state index in [9.17, 15) is 24.6 Å². The number of carbonyl (C=O) groups excluding carboxylic acids is 2. The van der Waals surface area contributed by atoms with Crippen LogP contribution in [-0.4, -0.2) is 39.6 Å². The number of carboxylic acids is 1. The average Bonchev–Trinajstić information content (AvgIpc) is 2.95. The normalized spacial score (nSPS) is 58.7. The van der Waals surface area contributed by atoms with Gasteiger partial charge in [0.05, 0.1) is 17.4 Å². The molecule has 25 heavy (non-hydrogen) atoms. The average molecular weight is 348 g/mol. The third kappa shape index (κ3) is 1.40. The van der Waals surface area contributed by atoms with E-state index < -0.39 is 51.7 Å². The summed E-state index contributed by atoms with van der Waals surface area (Å²) in [6, 6.07) is 0. The molecular formula is C19H24O6. The highest BCUT2D eigenvalue weighted by molar-refractivity contribution is 5.91. The molecule has 1 spiro atoms. The first-order valence-electron chi connectivity index (χ1n) is 9.29. The van der Waals surface area contributed by atoms with E-state index in [1.54, 1.807) is 6.92 Å². The minimum absolute atomic E-state index is 0.0936. The van der Waals surface area contributed by atoms with Crippen LogP contribution in [-0.2, 0) is 19.1 Å². The number of carboxylic acid groups (broad SMARTS) is 1. The van der Waals surface area contributed by atoms with Crippen molar-refractivity contribution < 1.29 is 29.3 Å². The Morgan fingerprint density at radius 1 is 1.20 bits per heavy atom. The topological polar surface area (TPSA) is 101 Å². The van der Waals surface area contributed by atoms with Crippen LogP contribution in [0.15, 0.2) is 0 Å². The first-order valence-corrected chi connectivity index (χ1v) is 9.29. The van der Waals surface area contributed by atoms with Gasteiger partial charge >= 0.3 is 11.9 Å². The zero-order valence-corrected chi connectivity index (χ0v) is 14.6. The second kappa shape index (κ2) is 4.11. The van der Waals surface area contributed by atoms with Gasteiger partial charge in [-0.25, -0.2) is 0 Å². The van der Waals surface area contributed by atoms with E-state index in [-0.39, 0.29) is 18.1 Å². The highest BCUT2D eigenvalue weighted by Gasteiger charge is 2.84. The van der Waals surface area contributed by atoms with Crippen molar-refractivity contribution in [3.63, 3.8) is 0 Å². The van der Waals surface area contributed by atoms with Gasteiger partial charge < -0.3 is 14.9 Å². The summed E-state index contributed by atoms with van der Waals surface area (Å²) >= 11 is 0. The molecule has 4 aliphatic carbocycles. The fourth-order valence-corrected chi connectivity index (χ4v) is 7.80. The predicted octanol–water partition coefficient (Wildman–Crippen LogP) is 1.54. The van der Waals surface area contributed by atoms with Crippen LogP contribution in [0.1, 0.15) is 52.4 Å². The number of ether oxygens (including phenoxy) is 1. The molecule has 0 aromatic rings. The van der Waals surface area contributed by atoms with Crippen molar-refractivity contribution in [1.82, 2.24) is 0 Å². The molecule has 136 valence electrons. The van der Waals surface area contributed by atoms with Gasteiger partial charge in [-0.05, 0) is 44.4 Å².